The number of ether oxygens (including phenoxy) is 3. The Morgan fingerprint density at radius 1 is 1.37 bits per heavy atom. The number of benzene rings is 1. The molecule has 27 heavy (non-hydrogen) atoms. The largest absolute Gasteiger partial charge is 0.492 e. The van der Waals surface area contributed by atoms with Gasteiger partial charge in [0.05, 0.1) is 30.9 Å². The number of aromatic nitrogens is 2. The summed E-state index contributed by atoms with van der Waals surface area (Å²) in [5.74, 6) is 1.45. The van der Waals surface area contributed by atoms with E-state index in [0.717, 1.165) is 11.4 Å². The van der Waals surface area contributed by atoms with Crippen LogP contribution in [-0.2, 0) is 14.3 Å². The molecule has 8 nitrogen and oxygen atoms in total. The van der Waals surface area contributed by atoms with Crippen LogP contribution in [0.25, 0.3) is 11.4 Å². The van der Waals surface area contributed by atoms with Crippen molar-refractivity contribution in [3.63, 3.8) is 0 Å². The van der Waals surface area contributed by atoms with Gasteiger partial charge >= 0.3 is 0 Å². The average molecular weight is 397 g/mol. The highest BCUT2D eigenvalue weighted by Crippen LogP contribution is 2.37. The third-order valence-corrected chi connectivity index (χ3v) is 4.81. The molecule has 0 amide bonds. The molecule has 9 heteroatoms. The topological polar surface area (TPSA) is 103 Å². The second kappa shape index (κ2) is 8.71. The van der Waals surface area contributed by atoms with Crippen LogP contribution in [-0.4, -0.2) is 64.4 Å². The molecule has 2 fully saturated rings. The van der Waals surface area contributed by atoms with E-state index in [9.17, 15) is 5.11 Å². The van der Waals surface area contributed by atoms with Crippen molar-refractivity contribution >= 4 is 18.1 Å². The summed E-state index contributed by atoms with van der Waals surface area (Å²) < 4.78 is 19.0. The maximum Gasteiger partial charge on any atom is 0.290 e. The molecule has 4 rings (SSSR count). The van der Waals surface area contributed by atoms with Gasteiger partial charge in [-0.2, -0.15) is 0 Å². The van der Waals surface area contributed by atoms with E-state index in [1.54, 1.807) is 6.20 Å². The number of hydrogen-bond donors (Lipinski definition) is 2. The van der Waals surface area contributed by atoms with Gasteiger partial charge in [0.15, 0.2) is 0 Å². The highest BCUT2D eigenvalue weighted by atomic mass is 35.5. The molecule has 4 atom stereocenters. The van der Waals surface area contributed by atoms with Crippen molar-refractivity contribution in [2.45, 2.75) is 31.3 Å². The number of rotatable bonds is 4. The third kappa shape index (κ3) is 3.93. The quantitative estimate of drug-likeness (QED) is 0.762. The molecule has 2 aliphatic rings. The zero-order chi connectivity index (χ0) is 19.4. The second-order valence-corrected chi connectivity index (χ2v) is 6.48. The second-order valence-electron chi connectivity index (χ2n) is 6.07. The van der Waals surface area contributed by atoms with Gasteiger partial charge in [-0.1, -0.05) is 11.6 Å². The molecule has 146 valence electrons. The number of carbonyl (C=O) groups is 1. The number of imidazole rings is 1. The molecule has 0 radical (unpaired) electrons. The van der Waals surface area contributed by atoms with Crippen LogP contribution in [0.5, 0.6) is 5.75 Å². The van der Waals surface area contributed by atoms with Crippen molar-refractivity contribution < 1.29 is 29.2 Å². The van der Waals surface area contributed by atoms with E-state index < -0.39 is 6.10 Å². The number of aliphatic hydroxyl groups is 1. The van der Waals surface area contributed by atoms with Crippen molar-refractivity contribution in [2.24, 2.45) is 0 Å². The Bertz CT molecular complexity index is 783. The predicted octanol–water partition coefficient (Wildman–Crippen LogP) is 2.00. The average Bonchev–Trinajstić information content (AvgIpc) is 3.35. The fourth-order valence-electron chi connectivity index (χ4n) is 3.41. The lowest BCUT2D eigenvalue weighted by atomic mass is 10.1. The Kier molecular flexibility index (Phi) is 6.33. The molecule has 2 aromatic rings. The molecular weight excluding hydrogens is 376 g/mol. The van der Waals surface area contributed by atoms with Crippen LogP contribution in [0.4, 0.5) is 0 Å². The van der Waals surface area contributed by atoms with E-state index in [1.165, 1.54) is 0 Å². The fraction of sp³-hybridized carbons (Fsp3) is 0.444. The smallest absolute Gasteiger partial charge is 0.290 e. The van der Waals surface area contributed by atoms with Crippen LogP contribution >= 0.6 is 11.6 Å². The van der Waals surface area contributed by atoms with Crippen LogP contribution in [0.1, 0.15) is 13.0 Å². The summed E-state index contributed by atoms with van der Waals surface area (Å²) in [4.78, 5) is 12.8. The Morgan fingerprint density at radius 2 is 2.11 bits per heavy atom. The van der Waals surface area contributed by atoms with Crippen molar-refractivity contribution in [3.8, 4) is 17.1 Å². The first kappa shape index (κ1) is 19.6. The Labute approximate surface area is 161 Å². The normalized spacial score (nSPS) is 26.2. The lowest BCUT2D eigenvalue weighted by Crippen LogP contribution is -2.30. The summed E-state index contributed by atoms with van der Waals surface area (Å²) in [6.07, 6.45) is 2.66. The van der Waals surface area contributed by atoms with E-state index in [2.05, 4.69) is 4.98 Å². The maximum atomic E-state index is 9.91. The number of aliphatic hydroxyl groups excluding tert-OH is 1. The van der Waals surface area contributed by atoms with Crippen LogP contribution in [0.15, 0.2) is 30.6 Å². The summed E-state index contributed by atoms with van der Waals surface area (Å²) in [5.41, 5.74) is 0.899. The molecule has 2 N–H and O–H groups in total. The molecular formula is C18H21ClN2O6. The van der Waals surface area contributed by atoms with Crippen molar-refractivity contribution in [3.05, 3.63) is 35.6 Å². The highest BCUT2D eigenvalue weighted by Gasteiger charge is 2.48. The summed E-state index contributed by atoms with van der Waals surface area (Å²) >= 11 is 6.30. The molecule has 0 aliphatic carbocycles. The van der Waals surface area contributed by atoms with E-state index in [1.807, 2.05) is 35.9 Å². The number of hydrogen-bond acceptors (Lipinski definition) is 6. The van der Waals surface area contributed by atoms with Gasteiger partial charge in [0, 0.05) is 18.0 Å². The molecule has 0 unspecified atom stereocenters. The first-order valence-corrected chi connectivity index (χ1v) is 8.93. The monoisotopic (exact) mass is 396 g/mol. The SMILES string of the molecule is CCOc1ccc(-c2nccn2[C@@H]2CO[C@H]3[C@@H]2OC[C@H]3O)cc1Cl.O=CO. The highest BCUT2D eigenvalue weighted by molar-refractivity contribution is 6.32. The van der Waals surface area contributed by atoms with Gasteiger partial charge in [0.2, 0.25) is 0 Å². The van der Waals surface area contributed by atoms with E-state index in [4.69, 9.17) is 35.7 Å². The number of carboxylic acid groups (broad SMARTS) is 1. The first-order chi connectivity index (χ1) is 13.1. The summed E-state index contributed by atoms with van der Waals surface area (Å²) in [5, 5.41) is 17.4. The van der Waals surface area contributed by atoms with Crippen molar-refractivity contribution in [1.82, 2.24) is 9.55 Å². The van der Waals surface area contributed by atoms with Crippen molar-refractivity contribution in [1.29, 1.82) is 0 Å². The lowest BCUT2D eigenvalue weighted by Gasteiger charge is -2.20. The van der Waals surface area contributed by atoms with Gasteiger partial charge in [-0.15, -0.1) is 0 Å². The zero-order valence-corrected chi connectivity index (χ0v) is 15.5. The van der Waals surface area contributed by atoms with Crippen LogP contribution in [0.3, 0.4) is 0 Å². The van der Waals surface area contributed by atoms with Gasteiger partial charge < -0.3 is 29.0 Å². The van der Waals surface area contributed by atoms with E-state index in [-0.39, 0.29) is 24.7 Å². The summed E-state index contributed by atoms with van der Waals surface area (Å²) in [6.45, 7) is 3.03. The molecule has 1 aromatic carbocycles. The van der Waals surface area contributed by atoms with Gasteiger partial charge in [-0.3, -0.25) is 4.79 Å². The molecule has 1 aromatic heterocycles. The zero-order valence-electron chi connectivity index (χ0n) is 14.7. The molecule has 2 aliphatic heterocycles. The Hall–Kier alpha value is -2.13. The van der Waals surface area contributed by atoms with Crippen LogP contribution < -0.4 is 4.74 Å². The molecule has 2 saturated heterocycles. The molecule has 0 bridgehead atoms. The summed E-state index contributed by atoms with van der Waals surface area (Å²) in [6, 6.07) is 5.62. The molecule has 3 heterocycles. The van der Waals surface area contributed by atoms with Crippen LogP contribution in [0, 0.1) is 0 Å². The lowest BCUT2D eigenvalue weighted by molar-refractivity contribution is -0.122. The van der Waals surface area contributed by atoms with Gasteiger partial charge in [-0.25, -0.2) is 4.98 Å². The minimum atomic E-state index is -0.563. The first-order valence-electron chi connectivity index (χ1n) is 8.55. The predicted molar refractivity (Wildman–Crippen MR) is 97.1 cm³/mol. The van der Waals surface area contributed by atoms with Crippen molar-refractivity contribution in [2.75, 3.05) is 19.8 Å². The van der Waals surface area contributed by atoms with Gasteiger partial charge in [-0.05, 0) is 25.1 Å². The Morgan fingerprint density at radius 3 is 2.81 bits per heavy atom. The van der Waals surface area contributed by atoms with Gasteiger partial charge in [0.25, 0.3) is 6.47 Å². The van der Waals surface area contributed by atoms with Crippen LogP contribution in [0.2, 0.25) is 5.02 Å². The minimum Gasteiger partial charge on any atom is -0.492 e. The molecule has 0 spiro atoms. The molecule has 0 saturated carbocycles. The third-order valence-electron chi connectivity index (χ3n) is 4.52. The standard InChI is InChI=1S/C17H19ClN2O4.CH2O2/c1-2-22-14-4-3-10(7-11(14)18)17-19-5-6-20(17)12-8-23-16-13(21)9-24-15(12)16;2-1-3/h3-7,12-13,15-16,21H,2,8-9H2,1H3;1H,(H,2,3)/t12-,13-,15-,16-;/m1./s1. The number of nitrogens with zero attached hydrogens (tertiary/aromatic N) is 2. The summed E-state index contributed by atoms with van der Waals surface area (Å²) in [7, 11) is 0. The van der Waals surface area contributed by atoms with Gasteiger partial charge in [0.1, 0.15) is 29.9 Å². The number of halogens is 1. The minimum absolute atomic E-state index is 0.0185. The Balaban J connectivity index is 0.000000659. The number of fused-ring (bicyclic) bond motifs is 1. The maximum absolute atomic E-state index is 9.91. The van der Waals surface area contributed by atoms with E-state index in [0.29, 0.717) is 30.6 Å². The van der Waals surface area contributed by atoms with E-state index >= 15 is 0 Å². The fourth-order valence-corrected chi connectivity index (χ4v) is 3.65.